The lowest BCUT2D eigenvalue weighted by molar-refractivity contribution is -0.122. The highest BCUT2D eigenvalue weighted by molar-refractivity contribution is 7.89. The first-order valence-electron chi connectivity index (χ1n) is 7.79. The number of aromatic nitrogens is 1. The molecule has 26 heavy (non-hydrogen) atoms. The average Bonchev–Trinajstić information content (AvgIpc) is 2.56. The van der Waals surface area contributed by atoms with E-state index in [9.17, 15) is 18.0 Å². The topological polar surface area (TPSA) is 88.5 Å². The summed E-state index contributed by atoms with van der Waals surface area (Å²) in [6, 6.07) is 9.11. The summed E-state index contributed by atoms with van der Waals surface area (Å²) in [5, 5.41) is 3.32. The molecule has 1 atom stereocenters. The Bertz CT molecular complexity index is 970. The predicted molar refractivity (Wildman–Crippen MR) is 99.6 cm³/mol. The van der Waals surface area contributed by atoms with E-state index >= 15 is 0 Å². The van der Waals surface area contributed by atoms with Gasteiger partial charge in [-0.15, -0.1) is 0 Å². The summed E-state index contributed by atoms with van der Waals surface area (Å²) in [5.41, 5.74) is 0.357. The van der Waals surface area contributed by atoms with E-state index in [2.05, 4.69) is 5.32 Å². The molecule has 1 aromatic heterocycles. The second-order valence-corrected chi connectivity index (χ2v) is 8.55. The second kappa shape index (κ2) is 8.03. The molecule has 0 aliphatic rings. The highest BCUT2D eigenvalue weighted by Crippen LogP contribution is 2.17. The molecule has 0 radical (unpaired) electrons. The van der Waals surface area contributed by atoms with Gasteiger partial charge < -0.3 is 9.88 Å². The third-order valence-corrected chi connectivity index (χ3v) is 5.81. The van der Waals surface area contributed by atoms with Crippen LogP contribution < -0.4 is 10.9 Å². The van der Waals surface area contributed by atoms with Gasteiger partial charge in [-0.1, -0.05) is 23.7 Å². The fraction of sp³-hybridized carbons (Fsp3) is 0.294. The minimum Gasteiger partial charge on any atom is -0.348 e. The van der Waals surface area contributed by atoms with Crippen molar-refractivity contribution in [1.82, 2.24) is 14.2 Å². The minimum atomic E-state index is -3.70. The summed E-state index contributed by atoms with van der Waals surface area (Å²) >= 11 is 5.94. The number of nitrogens with one attached hydrogen (secondary N) is 1. The van der Waals surface area contributed by atoms with Gasteiger partial charge in [0, 0.05) is 31.4 Å². The maximum Gasteiger partial charge on any atom is 0.251 e. The summed E-state index contributed by atoms with van der Waals surface area (Å²) in [6.07, 6.45) is 1.17. The summed E-state index contributed by atoms with van der Waals surface area (Å²) in [4.78, 5) is 24.2. The maximum absolute atomic E-state index is 12.3. The molecule has 0 saturated carbocycles. The van der Waals surface area contributed by atoms with Crippen LogP contribution in [0.15, 0.2) is 52.3 Å². The molecule has 9 heteroatoms. The van der Waals surface area contributed by atoms with Crippen molar-refractivity contribution in [2.45, 2.75) is 24.4 Å². The van der Waals surface area contributed by atoms with Crippen molar-refractivity contribution in [3.63, 3.8) is 0 Å². The monoisotopic (exact) mass is 397 g/mol. The molecule has 0 aliphatic heterocycles. The smallest absolute Gasteiger partial charge is 0.251 e. The Morgan fingerprint density at radius 3 is 2.58 bits per heavy atom. The average molecular weight is 398 g/mol. The van der Waals surface area contributed by atoms with Crippen LogP contribution in [0.3, 0.4) is 0 Å². The molecule has 140 valence electrons. The van der Waals surface area contributed by atoms with Crippen LogP contribution in [-0.4, -0.2) is 37.3 Å². The Balaban J connectivity index is 2.17. The third kappa shape index (κ3) is 4.72. The summed E-state index contributed by atoms with van der Waals surface area (Å²) < 4.78 is 26.5. The summed E-state index contributed by atoms with van der Waals surface area (Å²) in [6.45, 7) is 1.50. The van der Waals surface area contributed by atoms with Crippen molar-refractivity contribution < 1.29 is 13.2 Å². The zero-order chi connectivity index (χ0) is 19.5. The Morgan fingerprint density at radius 2 is 1.96 bits per heavy atom. The first kappa shape index (κ1) is 20.2. The van der Waals surface area contributed by atoms with Crippen molar-refractivity contribution in [1.29, 1.82) is 0 Å². The first-order valence-corrected chi connectivity index (χ1v) is 9.61. The number of pyridine rings is 1. The lowest BCUT2D eigenvalue weighted by atomic mass is 10.1. The van der Waals surface area contributed by atoms with E-state index in [-0.39, 0.29) is 17.5 Å². The number of carbonyl (C=O) groups is 1. The van der Waals surface area contributed by atoms with Gasteiger partial charge in [0.05, 0.1) is 10.9 Å². The van der Waals surface area contributed by atoms with E-state index in [4.69, 9.17) is 11.6 Å². The molecule has 7 nitrogen and oxygen atoms in total. The zero-order valence-electron chi connectivity index (χ0n) is 14.6. The molecule has 1 amide bonds. The number of rotatable bonds is 6. The fourth-order valence-electron chi connectivity index (χ4n) is 2.30. The number of benzene rings is 1. The second-order valence-electron chi connectivity index (χ2n) is 5.96. The Hall–Kier alpha value is -2.16. The van der Waals surface area contributed by atoms with E-state index in [1.165, 1.54) is 26.4 Å². The predicted octanol–water partition coefficient (Wildman–Crippen LogP) is 1.63. The lowest BCUT2D eigenvalue weighted by Gasteiger charge is -2.16. The van der Waals surface area contributed by atoms with Gasteiger partial charge in [-0.2, -0.15) is 0 Å². The van der Waals surface area contributed by atoms with Crippen LogP contribution in [0.5, 0.6) is 0 Å². The number of carbonyl (C=O) groups excluding carboxylic acids is 1. The Kier molecular flexibility index (Phi) is 6.22. The van der Waals surface area contributed by atoms with Gasteiger partial charge >= 0.3 is 0 Å². The van der Waals surface area contributed by atoms with Crippen LogP contribution in [-0.2, 0) is 21.4 Å². The van der Waals surface area contributed by atoms with E-state index in [1.54, 1.807) is 25.1 Å². The Morgan fingerprint density at radius 1 is 1.27 bits per heavy atom. The quantitative estimate of drug-likeness (QED) is 0.802. The molecule has 0 saturated heterocycles. The van der Waals surface area contributed by atoms with Crippen molar-refractivity contribution >= 4 is 27.5 Å². The lowest BCUT2D eigenvalue weighted by Crippen LogP contribution is -2.34. The molecule has 0 fully saturated rings. The number of hydrogen-bond donors (Lipinski definition) is 1. The molecule has 1 N–H and O–H groups in total. The molecule has 2 aromatic rings. The van der Waals surface area contributed by atoms with Crippen LogP contribution in [0.1, 0.15) is 18.5 Å². The first-order chi connectivity index (χ1) is 12.1. The molecular weight excluding hydrogens is 378 g/mol. The number of hydrogen-bond acceptors (Lipinski definition) is 4. The van der Waals surface area contributed by atoms with Crippen LogP contribution >= 0.6 is 11.6 Å². The molecule has 2 rings (SSSR count). The molecular formula is C17H20ClN3O4S. The van der Waals surface area contributed by atoms with E-state index in [1.807, 2.05) is 6.07 Å². The molecule has 0 aliphatic carbocycles. The molecule has 0 unspecified atom stereocenters. The maximum atomic E-state index is 12.3. The van der Waals surface area contributed by atoms with E-state index in [0.29, 0.717) is 5.02 Å². The van der Waals surface area contributed by atoms with Gasteiger partial charge in [0.15, 0.2) is 0 Å². The van der Waals surface area contributed by atoms with Gasteiger partial charge in [-0.05, 0) is 30.7 Å². The van der Waals surface area contributed by atoms with Crippen molar-refractivity contribution in [2.24, 2.45) is 0 Å². The van der Waals surface area contributed by atoms with Crippen LogP contribution in [0.25, 0.3) is 0 Å². The van der Waals surface area contributed by atoms with Crippen LogP contribution in [0.2, 0.25) is 5.02 Å². The molecule has 1 heterocycles. The Labute approximate surface area is 157 Å². The van der Waals surface area contributed by atoms with Gasteiger partial charge in [-0.25, -0.2) is 12.7 Å². The molecule has 0 bridgehead atoms. The normalized spacial score (nSPS) is 12.8. The van der Waals surface area contributed by atoms with Crippen LogP contribution in [0.4, 0.5) is 0 Å². The highest BCUT2D eigenvalue weighted by atomic mass is 35.5. The minimum absolute atomic E-state index is 0.0576. The molecule has 1 aromatic carbocycles. The van der Waals surface area contributed by atoms with Crippen molar-refractivity contribution in [3.8, 4) is 0 Å². The van der Waals surface area contributed by atoms with Gasteiger partial charge in [0.2, 0.25) is 15.9 Å². The van der Waals surface area contributed by atoms with Gasteiger partial charge in [0.25, 0.3) is 5.56 Å². The van der Waals surface area contributed by atoms with E-state index in [0.717, 1.165) is 20.5 Å². The summed E-state index contributed by atoms with van der Waals surface area (Å²) in [7, 11) is -0.909. The zero-order valence-corrected chi connectivity index (χ0v) is 16.2. The van der Waals surface area contributed by atoms with Gasteiger partial charge in [-0.3, -0.25) is 9.59 Å². The fourth-order valence-corrected chi connectivity index (χ4v) is 3.42. The number of nitrogens with zero attached hydrogens (tertiary/aromatic N) is 2. The largest absolute Gasteiger partial charge is 0.348 e. The number of amides is 1. The van der Waals surface area contributed by atoms with Crippen molar-refractivity contribution in [2.75, 3.05) is 14.1 Å². The van der Waals surface area contributed by atoms with Crippen LogP contribution in [0, 0.1) is 0 Å². The number of halogens is 1. The van der Waals surface area contributed by atoms with Crippen molar-refractivity contribution in [3.05, 3.63) is 63.5 Å². The number of sulfonamides is 1. The van der Waals surface area contributed by atoms with E-state index < -0.39 is 21.5 Å². The molecule has 0 spiro atoms. The van der Waals surface area contributed by atoms with Gasteiger partial charge in [0.1, 0.15) is 6.54 Å². The summed E-state index contributed by atoms with van der Waals surface area (Å²) in [5.74, 6) is -0.418. The SMILES string of the molecule is C[C@H](NC(=O)Cn1cc(S(=O)(=O)N(C)C)ccc1=O)c1cccc(Cl)c1. The third-order valence-electron chi connectivity index (χ3n) is 3.78. The standard InChI is InChI=1S/C17H20ClN3O4S/c1-12(13-5-4-6-14(18)9-13)19-16(22)11-21-10-15(7-8-17(21)23)26(24,25)20(2)3/h4-10,12H,11H2,1-3H3,(H,19,22)/t12-/m0/s1. The highest BCUT2D eigenvalue weighted by Gasteiger charge is 2.19.